The Bertz CT molecular complexity index is 616. The summed E-state index contributed by atoms with van der Waals surface area (Å²) in [7, 11) is 1.61. The Morgan fingerprint density at radius 2 is 2.17 bits per heavy atom. The average Bonchev–Trinajstić information content (AvgIpc) is 2.85. The van der Waals surface area contributed by atoms with Crippen LogP contribution in [0.25, 0.3) is 0 Å². The number of guanidine groups is 1. The van der Waals surface area contributed by atoms with E-state index in [0.29, 0.717) is 24.6 Å². The van der Waals surface area contributed by atoms with E-state index >= 15 is 0 Å². The fourth-order valence-corrected chi connectivity index (χ4v) is 2.12. The second-order valence-electron chi connectivity index (χ2n) is 5.14. The van der Waals surface area contributed by atoms with Crippen LogP contribution in [0.15, 0.2) is 23.2 Å². The molecular formula is C15H20FN5O2. The third-order valence-electron chi connectivity index (χ3n) is 3.48. The van der Waals surface area contributed by atoms with Gasteiger partial charge in [-0.1, -0.05) is 12.1 Å². The Balaban J connectivity index is 1.78. The van der Waals surface area contributed by atoms with Gasteiger partial charge in [0.05, 0.1) is 6.54 Å². The van der Waals surface area contributed by atoms with Crippen molar-refractivity contribution >= 4 is 17.9 Å². The number of hydrogen-bond donors (Lipinski definition) is 3. The molecule has 0 aliphatic carbocycles. The minimum atomic E-state index is -0.380. The van der Waals surface area contributed by atoms with Crippen LogP contribution in [0, 0.1) is 12.7 Å². The molecular weight excluding hydrogens is 301 g/mol. The van der Waals surface area contributed by atoms with E-state index in [-0.39, 0.29) is 30.8 Å². The van der Waals surface area contributed by atoms with Gasteiger partial charge in [-0.3, -0.25) is 14.7 Å². The number of halogens is 1. The number of aliphatic imine (C=N–C) groups is 1. The maximum absolute atomic E-state index is 13.5. The van der Waals surface area contributed by atoms with E-state index in [9.17, 15) is 14.0 Å². The second kappa shape index (κ2) is 7.57. The maximum atomic E-state index is 13.5. The monoisotopic (exact) mass is 321 g/mol. The van der Waals surface area contributed by atoms with Crippen molar-refractivity contribution in [2.75, 3.05) is 26.7 Å². The van der Waals surface area contributed by atoms with Gasteiger partial charge in [-0.2, -0.15) is 0 Å². The molecule has 3 N–H and O–H groups in total. The molecule has 3 amide bonds. The van der Waals surface area contributed by atoms with Gasteiger partial charge < -0.3 is 16.0 Å². The average molecular weight is 321 g/mol. The number of nitrogens with zero attached hydrogens (tertiary/aromatic N) is 2. The van der Waals surface area contributed by atoms with Gasteiger partial charge in [0.2, 0.25) is 5.91 Å². The normalized spacial score (nSPS) is 14.9. The van der Waals surface area contributed by atoms with Crippen molar-refractivity contribution in [3.05, 3.63) is 35.1 Å². The first kappa shape index (κ1) is 16.7. The highest BCUT2D eigenvalue weighted by molar-refractivity contribution is 6.01. The van der Waals surface area contributed by atoms with E-state index in [1.165, 1.54) is 6.07 Å². The molecule has 0 bridgehead atoms. The summed E-state index contributed by atoms with van der Waals surface area (Å²) in [5, 5.41) is 8.51. The molecule has 0 saturated carbocycles. The Morgan fingerprint density at radius 3 is 2.78 bits per heavy atom. The molecule has 23 heavy (non-hydrogen) atoms. The van der Waals surface area contributed by atoms with Gasteiger partial charge >= 0.3 is 6.03 Å². The second-order valence-corrected chi connectivity index (χ2v) is 5.14. The summed E-state index contributed by atoms with van der Waals surface area (Å²) in [4.78, 5) is 28.0. The summed E-state index contributed by atoms with van der Waals surface area (Å²) >= 11 is 0. The van der Waals surface area contributed by atoms with Crippen LogP contribution in [0.5, 0.6) is 0 Å². The Hall–Kier alpha value is -2.64. The fraction of sp³-hybridized carbons (Fsp3) is 0.400. The topological polar surface area (TPSA) is 85.8 Å². The van der Waals surface area contributed by atoms with Crippen LogP contribution in [0.1, 0.15) is 11.1 Å². The van der Waals surface area contributed by atoms with E-state index in [1.54, 1.807) is 20.0 Å². The predicted octanol–water partition coefficient (Wildman–Crippen LogP) is 0.351. The number of rotatable bonds is 5. The van der Waals surface area contributed by atoms with Gasteiger partial charge in [-0.15, -0.1) is 0 Å². The highest BCUT2D eigenvalue weighted by Crippen LogP contribution is 2.08. The lowest BCUT2D eigenvalue weighted by atomic mass is 10.1. The molecule has 7 nitrogen and oxygen atoms in total. The Kier molecular flexibility index (Phi) is 5.51. The zero-order valence-electron chi connectivity index (χ0n) is 13.1. The van der Waals surface area contributed by atoms with Crippen molar-refractivity contribution < 1.29 is 14.0 Å². The molecule has 0 radical (unpaired) electrons. The summed E-state index contributed by atoms with van der Waals surface area (Å²) in [6, 6.07) is 4.66. The van der Waals surface area contributed by atoms with E-state index < -0.39 is 0 Å². The predicted molar refractivity (Wildman–Crippen MR) is 84.5 cm³/mol. The van der Waals surface area contributed by atoms with Gasteiger partial charge in [0.25, 0.3) is 0 Å². The molecule has 8 heteroatoms. The van der Waals surface area contributed by atoms with Crippen molar-refractivity contribution in [2.45, 2.75) is 13.5 Å². The molecule has 2 rings (SSSR count). The lowest BCUT2D eigenvalue weighted by Gasteiger charge is -2.15. The number of carbonyl (C=O) groups is 2. The van der Waals surface area contributed by atoms with Crippen LogP contribution < -0.4 is 16.0 Å². The molecule has 1 heterocycles. The van der Waals surface area contributed by atoms with Crippen molar-refractivity contribution in [1.82, 2.24) is 20.9 Å². The van der Waals surface area contributed by atoms with Gasteiger partial charge in [0.15, 0.2) is 5.96 Å². The number of carbonyl (C=O) groups excluding carboxylic acids is 2. The van der Waals surface area contributed by atoms with E-state index in [4.69, 9.17) is 0 Å². The largest absolute Gasteiger partial charge is 0.355 e. The van der Waals surface area contributed by atoms with Gasteiger partial charge in [0, 0.05) is 26.7 Å². The zero-order valence-corrected chi connectivity index (χ0v) is 13.1. The van der Waals surface area contributed by atoms with E-state index in [0.717, 1.165) is 10.5 Å². The SMILES string of the molecule is CN=C(NCCN1C(=O)CNC1=O)NCc1ccc(C)c(F)c1. The number of hydrogen-bond acceptors (Lipinski definition) is 3. The highest BCUT2D eigenvalue weighted by atomic mass is 19.1. The number of aryl methyl sites for hydroxylation is 1. The lowest BCUT2D eigenvalue weighted by molar-refractivity contribution is -0.124. The molecule has 1 aromatic rings. The molecule has 1 aromatic carbocycles. The van der Waals surface area contributed by atoms with Crippen molar-refractivity contribution in [3.63, 3.8) is 0 Å². The van der Waals surface area contributed by atoms with Crippen LogP contribution in [0.4, 0.5) is 9.18 Å². The van der Waals surface area contributed by atoms with Crippen molar-refractivity contribution in [3.8, 4) is 0 Å². The zero-order chi connectivity index (χ0) is 16.8. The molecule has 0 atom stereocenters. The first-order chi connectivity index (χ1) is 11.0. The molecule has 0 aromatic heterocycles. The Morgan fingerprint density at radius 1 is 1.39 bits per heavy atom. The number of imide groups is 1. The number of nitrogens with one attached hydrogen (secondary N) is 3. The third-order valence-corrected chi connectivity index (χ3v) is 3.48. The standard InChI is InChI=1S/C15H20FN5O2/c1-10-3-4-11(7-12(10)16)8-19-14(17-2)18-5-6-21-13(22)9-20-15(21)23/h3-4,7H,5-6,8-9H2,1-2H3,(H,20,23)(H2,17,18,19). The van der Waals surface area contributed by atoms with Crippen molar-refractivity contribution in [2.24, 2.45) is 4.99 Å². The molecule has 1 saturated heterocycles. The van der Waals surface area contributed by atoms with Gasteiger partial charge in [0.1, 0.15) is 5.82 Å². The minimum absolute atomic E-state index is 0.0464. The fourth-order valence-electron chi connectivity index (χ4n) is 2.12. The van der Waals surface area contributed by atoms with Crippen LogP contribution in [0.3, 0.4) is 0 Å². The van der Waals surface area contributed by atoms with Gasteiger partial charge in [-0.25, -0.2) is 9.18 Å². The molecule has 1 aliphatic rings. The van der Waals surface area contributed by atoms with Crippen LogP contribution in [-0.2, 0) is 11.3 Å². The molecule has 124 valence electrons. The van der Waals surface area contributed by atoms with E-state index in [2.05, 4.69) is 20.9 Å². The highest BCUT2D eigenvalue weighted by Gasteiger charge is 2.27. The summed E-state index contributed by atoms with van der Waals surface area (Å²) in [6.45, 7) is 2.80. The molecule has 0 unspecified atom stereocenters. The number of urea groups is 1. The van der Waals surface area contributed by atoms with Gasteiger partial charge in [-0.05, 0) is 24.1 Å². The summed E-state index contributed by atoms with van der Waals surface area (Å²) in [6.07, 6.45) is 0. The number of amides is 3. The first-order valence-corrected chi connectivity index (χ1v) is 7.29. The van der Waals surface area contributed by atoms with Crippen LogP contribution >= 0.6 is 0 Å². The summed E-state index contributed by atoms with van der Waals surface area (Å²) < 4.78 is 13.5. The van der Waals surface area contributed by atoms with Crippen LogP contribution in [0.2, 0.25) is 0 Å². The maximum Gasteiger partial charge on any atom is 0.324 e. The summed E-state index contributed by atoms with van der Waals surface area (Å²) in [5.74, 6) is 0.0266. The third kappa shape index (κ3) is 4.41. The quantitative estimate of drug-likeness (QED) is 0.415. The minimum Gasteiger partial charge on any atom is -0.355 e. The van der Waals surface area contributed by atoms with Crippen LogP contribution in [-0.4, -0.2) is 49.5 Å². The Labute approximate surface area is 134 Å². The smallest absolute Gasteiger partial charge is 0.324 e. The van der Waals surface area contributed by atoms with Crippen molar-refractivity contribution in [1.29, 1.82) is 0 Å². The molecule has 0 spiro atoms. The van der Waals surface area contributed by atoms with E-state index in [1.807, 2.05) is 6.07 Å². The molecule has 1 aliphatic heterocycles. The lowest BCUT2D eigenvalue weighted by Crippen LogP contribution is -2.43. The molecule has 1 fully saturated rings. The summed E-state index contributed by atoms with van der Waals surface area (Å²) in [5.41, 5.74) is 1.40. The number of benzene rings is 1. The first-order valence-electron chi connectivity index (χ1n) is 7.29.